The van der Waals surface area contributed by atoms with Gasteiger partial charge >= 0.3 is 0 Å². The van der Waals surface area contributed by atoms with Crippen LogP contribution in [-0.2, 0) is 0 Å². The van der Waals surface area contributed by atoms with E-state index in [2.05, 4.69) is 0 Å². The Hall–Kier alpha value is -0.0900. The second kappa shape index (κ2) is 4.07. The maximum Gasteiger partial charge on any atom is 0.115 e. The van der Waals surface area contributed by atoms with Gasteiger partial charge < -0.3 is 10.2 Å². The molecule has 2 atom stereocenters. The van der Waals surface area contributed by atoms with Crippen LogP contribution in [0.15, 0.2) is 17.5 Å². The first-order chi connectivity index (χ1) is 5.25. The van der Waals surface area contributed by atoms with Crippen molar-refractivity contribution in [1.29, 1.82) is 0 Å². The van der Waals surface area contributed by atoms with Gasteiger partial charge in [0.1, 0.15) is 6.10 Å². The van der Waals surface area contributed by atoms with E-state index in [-0.39, 0.29) is 5.88 Å². The third-order valence-corrected chi connectivity index (χ3v) is 2.62. The molecule has 0 saturated heterocycles. The summed E-state index contributed by atoms with van der Waals surface area (Å²) in [5, 5.41) is 20.3. The number of hydrogen-bond acceptors (Lipinski definition) is 3. The minimum absolute atomic E-state index is 0.0546. The molecule has 1 rings (SSSR count). The molecule has 0 aromatic carbocycles. The standard InChI is InChI=1S/C7H9ClO2S/c8-4-5(9)7(10)6-2-1-3-11-6/h1-3,5,7,9-10H,4H2. The predicted octanol–water partition coefficient (Wildman–Crippen LogP) is 1.38. The normalized spacial score (nSPS) is 16.3. The average Bonchev–Trinajstić information content (AvgIpc) is 2.53. The highest BCUT2D eigenvalue weighted by atomic mass is 35.5. The van der Waals surface area contributed by atoms with Gasteiger partial charge in [-0.2, -0.15) is 0 Å². The van der Waals surface area contributed by atoms with Crippen molar-refractivity contribution >= 4 is 22.9 Å². The SMILES string of the molecule is OC(CCl)C(O)c1cccs1. The number of thiophene rings is 1. The Morgan fingerprint density at radius 2 is 2.27 bits per heavy atom. The lowest BCUT2D eigenvalue weighted by Crippen LogP contribution is -2.18. The van der Waals surface area contributed by atoms with E-state index in [1.165, 1.54) is 11.3 Å². The van der Waals surface area contributed by atoms with E-state index in [9.17, 15) is 5.11 Å². The Kier molecular flexibility index (Phi) is 3.33. The highest BCUT2D eigenvalue weighted by molar-refractivity contribution is 7.10. The molecule has 1 heterocycles. The Morgan fingerprint density at radius 3 is 2.73 bits per heavy atom. The van der Waals surface area contributed by atoms with E-state index in [0.29, 0.717) is 0 Å². The molecule has 0 spiro atoms. The molecule has 0 amide bonds. The van der Waals surface area contributed by atoms with Crippen molar-refractivity contribution in [3.63, 3.8) is 0 Å². The van der Waals surface area contributed by atoms with Crippen molar-refractivity contribution < 1.29 is 10.2 Å². The lowest BCUT2D eigenvalue weighted by molar-refractivity contribution is 0.0350. The van der Waals surface area contributed by atoms with E-state index in [1.807, 2.05) is 11.4 Å². The van der Waals surface area contributed by atoms with Crippen LogP contribution in [0.1, 0.15) is 11.0 Å². The van der Waals surface area contributed by atoms with E-state index < -0.39 is 12.2 Å². The van der Waals surface area contributed by atoms with Crippen molar-refractivity contribution in [2.75, 3.05) is 5.88 Å². The Balaban J connectivity index is 2.62. The molecule has 62 valence electrons. The first-order valence-corrected chi connectivity index (χ1v) is 4.62. The molecule has 2 nitrogen and oxygen atoms in total. The summed E-state index contributed by atoms with van der Waals surface area (Å²) in [4.78, 5) is 0.748. The quantitative estimate of drug-likeness (QED) is 0.711. The third-order valence-electron chi connectivity index (χ3n) is 1.36. The summed E-state index contributed by atoms with van der Waals surface area (Å²) in [6.45, 7) is 0. The van der Waals surface area contributed by atoms with E-state index in [0.717, 1.165) is 4.88 Å². The molecule has 1 aromatic rings. The van der Waals surface area contributed by atoms with Crippen molar-refractivity contribution in [1.82, 2.24) is 0 Å². The van der Waals surface area contributed by atoms with Crippen LogP contribution >= 0.6 is 22.9 Å². The van der Waals surface area contributed by atoms with Crippen LogP contribution in [0.3, 0.4) is 0 Å². The monoisotopic (exact) mass is 192 g/mol. The van der Waals surface area contributed by atoms with Gasteiger partial charge in [-0.25, -0.2) is 0 Å². The molecule has 0 aliphatic carbocycles. The smallest absolute Gasteiger partial charge is 0.115 e. The van der Waals surface area contributed by atoms with Crippen LogP contribution in [0.4, 0.5) is 0 Å². The molecule has 11 heavy (non-hydrogen) atoms. The van der Waals surface area contributed by atoms with Crippen LogP contribution in [0.2, 0.25) is 0 Å². The summed E-state index contributed by atoms with van der Waals surface area (Å²) in [5.74, 6) is 0.0546. The Bertz CT molecular complexity index is 200. The van der Waals surface area contributed by atoms with Gasteiger partial charge in [-0.05, 0) is 11.4 Å². The third kappa shape index (κ3) is 2.17. The largest absolute Gasteiger partial charge is 0.389 e. The van der Waals surface area contributed by atoms with Crippen molar-refractivity contribution in [2.45, 2.75) is 12.2 Å². The summed E-state index contributed by atoms with van der Waals surface area (Å²) in [6, 6.07) is 3.59. The number of hydrogen-bond donors (Lipinski definition) is 2. The molecular formula is C7H9ClO2S. The summed E-state index contributed by atoms with van der Waals surface area (Å²) in [7, 11) is 0. The zero-order chi connectivity index (χ0) is 8.27. The van der Waals surface area contributed by atoms with Gasteiger partial charge in [-0.15, -0.1) is 22.9 Å². The summed E-state index contributed by atoms with van der Waals surface area (Å²) in [5.41, 5.74) is 0. The number of aliphatic hydroxyl groups excluding tert-OH is 2. The van der Waals surface area contributed by atoms with Crippen molar-refractivity contribution in [3.8, 4) is 0 Å². The van der Waals surface area contributed by atoms with Gasteiger partial charge in [-0.1, -0.05) is 6.07 Å². The highest BCUT2D eigenvalue weighted by Gasteiger charge is 2.17. The summed E-state index contributed by atoms with van der Waals surface area (Å²) >= 11 is 6.76. The molecule has 0 saturated carbocycles. The fraction of sp³-hybridized carbons (Fsp3) is 0.429. The molecule has 0 fully saturated rings. The lowest BCUT2D eigenvalue weighted by Gasteiger charge is -2.12. The molecule has 2 unspecified atom stereocenters. The molecular weight excluding hydrogens is 184 g/mol. The molecule has 4 heteroatoms. The lowest BCUT2D eigenvalue weighted by atomic mass is 10.2. The molecule has 0 bridgehead atoms. The van der Waals surface area contributed by atoms with Gasteiger partial charge in [0.2, 0.25) is 0 Å². The average molecular weight is 193 g/mol. The van der Waals surface area contributed by atoms with Crippen LogP contribution in [0, 0.1) is 0 Å². The molecule has 0 radical (unpaired) electrons. The zero-order valence-corrected chi connectivity index (χ0v) is 7.35. The maximum absolute atomic E-state index is 9.35. The Labute approximate surface area is 74.1 Å². The summed E-state index contributed by atoms with van der Waals surface area (Å²) in [6.07, 6.45) is -1.71. The first-order valence-electron chi connectivity index (χ1n) is 3.21. The minimum atomic E-state index is -0.865. The fourth-order valence-corrected chi connectivity index (χ4v) is 1.67. The van der Waals surface area contributed by atoms with Crippen LogP contribution in [0.25, 0.3) is 0 Å². The van der Waals surface area contributed by atoms with Gasteiger partial charge in [0.25, 0.3) is 0 Å². The number of alkyl halides is 1. The zero-order valence-electron chi connectivity index (χ0n) is 5.77. The maximum atomic E-state index is 9.35. The van der Waals surface area contributed by atoms with E-state index in [1.54, 1.807) is 6.07 Å². The van der Waals surface area contributed by atoms with Crippen molar-refractivity contribution in [3.05, 3.63) is 22.4 Å². The van der Waals surface area contributed by atoms with Gasteiger partial charge in [0.15, 0.2) is 0 Å². The minimum Gasteiger partial charge on any atom is -0.389 e. The number of halogens is 1. The molecule has 0 aliphatic heterocycles. The van der Waals surface area contributed by atoms with E-state index in [4.69, 9.17) is 16.7 Å². The number of rotatable bonds is 3. The van der Waals surface area contributed by atoms with Crippen LogP contribution < -0.4 is 0 Å². The second-order valence-corrected chi connectivity index (χ2v) is 3.47. The summed E-state index contributed by atoms with van der Waals surface area (Å²) < 4.78 is 0. The topological polar surface area (TPSA) is 40.5 Å². The molecule has 1 aromatic heterocycles. The van der Waals surface area contributed by atoms with Crippen molar-refractivity contribution in [2.24, 2.45) is 0 Å². The molecule has 0 aliphatic rings. The highest BCUT2D eigenvalue weighted by Crippen LogP contribution is 2.22. The molecule has 2 N–H and O–H groups in total. The van der Waals surface area contributed by atoms with Gasteiger partial charge in [0, 0.05) is 4.88 Å². The van der Waals surface area contributed by atoms with Gasteiger partial charge in [-0.3, -0.25) is 0 Å². The first kappa shape index (κ1) is 9.00. The van der Waals surface area contributed by atoms with Gasteiger partial charge in [0.05, 0.1) is 12.0 Å². The number of aliphatic hydroxyl groups is 2. The van der Waals surface area contributed by atoms with Crippen LogP contribution in [-0.4, -0.2) is 22.2 Å². The fourth-order valence-electron chi connectivity index (χ4n) is 0.734. The second-order valence-electron chi connectivity index (χ2n) is 2.18. The predicted molar refractivity (Wildman–Crippen MR) is 46.0 cm³/mol. The van der Waals surface area contributed by atoms with Crippen LogP contribution in [0.5, 0.6) is 0 Å². The van der Waals surface area contributed by atoms with E-state index >= 15 is 0 Å². The Morgan fingerprint density at radius 1 is 1.55 bits per heavy atom.